The SMILES string of the molecule is Cc1cccc(OC(CO)C(C)N)c1C. The molecule has 0 bridgehead atoms. The minimum absolute atomic E-state index is 0.0644. The summed E-state index contributed by atoms with van der Waals surface area (Å²) in [6, 6.07) is 5.68. The third-order valence-electron chi connectivity index (χ3n) is 2.60. The van der Waals surface area contributed by atoms with E-state index in [-0.39, 0.29) is 18.8 Å². The number of rotatable bonds is 4. The minimum atomic E-state index is -0.342. The highest BCUT2D eigenvalue weighted by Crippen LogP contribution is 2.22. The Morgan fingerprint density at radius 1 is 1.40 bits per heavy atom. The van der Waals surface area contributed by atoms with Gasteiger partial charge in [0.1, 0.15) is 11.9 Å². The van der Waals surface area contributed by atoms with Crippen LogP contribution >= 0.6 is 0 Å². The van der Waals surface area contributed by atoms with E-state index in [1.807, 2.05) is 39.0 Å². The molecule has 0 saturated heterocycles. The van der Waals surface area contributed by atoms with Gasteiger partial charge in [0.15, 0.2) is 0 Å². The van der Waals surface area contributed by atoms with Crippen molar-refractivity contribution in [3.05, 3.63) is 29.3 Å². The van der Waals surface area contributed by atoms with Crippen molar-refractivity contribution in [1.82, 2.24) is 0 Å². The van der Waals surface area contributed by atoms with Crippen molar-refractivity contribution in [2.45, 2.75) is 32.9 Å². The molecule has 3 nitrogen and oxygen atoms in total. The van der Waals surface area contributed by atoms with Gasteiger partial charge in [0.05, 0.1) is 6.61 Å². The fraction of sp³-hybridized carbons (Fsp3) is 0.500. The monoisotopic (exact) mass is 209 g/mol. The number of aliphatic hydroxyl groups is 1. The summed E-state index contributed by atoms with van der Waals surface area (Å²) in [4.78, 5) is 0. The molecule has 0 spiro atoms. The van der Waals surface area contributed by atoms with Crippen LogP contribution in [0.1, 0.15) is 18.1 Å². The molecule has 1 rings (SSSR count). The Morgan fingerprint density at radius 2 is 2.07 bits per heavy atom. The first-order chi connectivity index (χ1) is 7.06. The van der Waals surface area contributed by atoms with Crippen molar-refractivity contribution in [2.75, 3.05) is 6.61 Å². The third-order valence-corrected chi connectivity index (χ3v) is 2.60. The lowest BCUT2D eigenvalue weighted by molar-refractivity contribution is 0.0984. The number of hydrogen-bond acceptors (Lipinski definition) is 3. The summed E-state index contributed by atoms with van der Waals surface area (Å²) < 4.78 is 5.66. The topological polar surface area (TPSA) is 55.5 Å². The molecule has 0 fully saturated rings. The molecule has 1 aromatic carbocycles. The van der Waals surface area contributed by atoms with Crippen LogP contribution in [0.2, 0.25) is 0 Å². The lowest BCUT2D eigenvalue weighted by atomic mass is 10.1. The molecule has 15 heavy (non-hydrogen) atoms. The second-order valence-electron chi connectivity index (χ2n) is 3.90. The van der Waals surface area contributed by atoms with Crippen LogP contribution in [-0.4, -0.2) is 23.9 Å². The first-order valence-corrected chi connectivity index (χ1v) is 5.15. The number of hydrogen-bond donors (Lipinski definition) is 2. The van der Waals surface area contributed by atoms with E-state index < -0.39 is 0 Å². The van der Waals surface area contributed by atoms with Gasteiger partial charge in [0, 0.05) is 6.04 Å². The quantitative estimate of drug-likeness (QED) is 0.788. The Labute approximate surface area is 90.9 Å². The molecule has 3 N–H and O–H groups in total. The average Bonchev–Trinajstić information content (AvgIpc) is 2.19. The lowest BCUT2D eigenvalue weighted by Gasteiger charge is -2.21. The van der Waals surface area contributed by atoms with E-state index in [4.69, 9.17) is 15.6 Å². The molecule has 2 unspecified atom stereocenters. The molecule has 84 valence electrons. The van der Waals surface area contributed by atoms with Crippen LogP contribution in [0.25, 0.3) is 0 Å². The van der Waals surface area contributed by atoms with E-state index in [0.717, 1.165) is 11.3 Å². The molecule has 0 saturated carbocycles. The van der Waals surface area contributed by atoms with Crippen molar-refractivity contribution < 1.29 is 9.84 Å². The summed E-state index contributed by atoms with van der Waals surface area (Å²) in [7, 11) is 0. The Bertz CT molecular complexity index is 323. The zero-order chi connectivity index (χ0) is 11.4. The molecule has 2 atom stereocenters. The van der Waals surface area contributed by atoms with Crippen molar-refractivity contribution in [2.24, 2.45) is 5.73 Å². The van der Waals surface area contributed by atoms with Gasteiger partial charge in [0.2, 0.25) is 0 Å². The normalized spacial score (nSPS) is 14.7. The van der Waals surface area contributed by atoms with E-state index >= 15 is 0 Å². The largest absolute Gasteiger partial charge is 0.486 e. The molecule has 0 aliphatic rings. The molecule has 3 heteroatoms. The Kier molecular flexibility index (Phi) is 4.12. The Balaban J connectivity index is 2.84. The standard InChI is InChI=1S/C12H19NO2/c1-8-5-4-6-11(9(8)2)15-12(7-14)10(3)13/h4-6,10,12,14H,7,13H2,1-3H3. The fourth-order valence-corrected chi connectivity index (χ4v) is 1.33. The second kappa shape index (κ2) is 5.14. The van der Waals surface area contributed by atoms with Crippen LogP contribution in [0, 0.1) is 13.8 Å². The van der Waals surface area contributed by atoms with Crippen LogP contribution in [0.15, 0.2) is 18.2 Å². The van der Waals surface area contributed by atoms with Gasteiger partial charge in [-0.15, -0.1) is 0 Å². The summed E-state index contributed by atoms with van der Waals surface area (Å²) in [5, 5.41) is 9.11. The van der Waals surface area contributed by atoms with E-state index in [0.29, 0.717) is 0 Å². The number of aliphatic hydroxyl groups excluding tert-OH is 1. The van der Waals surface area contributed by atoms with Crippen LogP contribution < -0.4 is 10.5 Å². The maximum absolute atomic E-state index is 9.11. The van der Waals surface area contributed by atoms with Gasteiger partial charge in [-0.1, -0.05) is 12.1 Å². The highest BCUT2D eigenvalue weighted by molar-refractivity contribution is 5.38. The fourth-order valence-electron chi connectivity index (χ4n) is 1.33. The van der Waals surface area contributed by atoms with Crippen LogP contribution in [0.5, 0.6) is 5.75 Å². The summed E-state index contributed by atoms with van der Waals surface area (Å²) >= 11 is 0. The van der Waals surface area contributed by atoms with Crippen molar-refractivity contribution in [3.8, 4) is 5.75 Å². The molecular formula is C12H19NO2. The zero-order valence-electron chi connectivity index (χ0n) is 9.53. The zero-order valence-corrected chi connectivity index (χ0v) is 9.53. The number of benzene rings is 1. The Morgan fingerprint density at radius 3 is 2.60 bits per heavy atom. The van der Waals surface area contributed by atoms with Crippen molar-refractivity contribution in [1.29, 1.82) is 0 Å². The second-order valence-corrected chi connectivity index (χ2v) is 3.90. The molecule has 0 amide bonds. The molecule has 0 aromatic heterocycles. The van der Waals surface area contributed by atoms with Crippen molar-refractivity contribution in [3.63, 3.8) is 0 Å². The van der Waals surface area contributed by atoms with Gasteiger partial charge in [-0.05, 0) is 38.0 Å². The van der Waals surface area contributed by atoms with Gasteiger partial charge in [-0.25, -0.2) is 0 Å². The molecule has 0 aliphatic heterocycles. The van der Waals surface area contributed by atoms with E-state index in [1.165, 1.54) is 5.56 Å². The smallest absolute Gasteiger partial charge is 0.136 e. The maximum atomic E-state index is 9.11. The minimum Gasteiger partial charge on any atom is -0.486 e. The third kappa shape index (κ3) is 2.94. The summed E-state index contributed by atoms with van der Waals surface area (Å²) in [6.45, 7) is 5.79. The average molecular weight is 209 g/mol. The molecule has 0 radical (unpaired) electrons. The predicted molar refractivity (Wildman–Crippen MR) is 61.1 cm³/mol. The van der Waals surface area contributed by atoms with Gasteiger partial charge in [0.25, 0.3) is 0 Å². The first kappa shape index (κ1) is 12.0. The van der Waals surface area contributed by atoms with E-state index in [9.17, 15) is 0 Å². The number of nitrogens with two attached hydrogens (primary N) is 1. The van der Waals surface area contributed by atoms with Crippen LogP contribution in [0.4, 0.5) is 0 Å². The van der Waals surface area contributed by atoms with Gasteiger partial charge in [-0.3, -0.25) is 0 Å². The van der Waals surface area contributed by atoms with Gasteiger partial charge < -0.3 is 15.6 Å². The highest BCUT2D eigenvalue weighted by Gasteiger charge is 2.15. The lowest BCUT2D eigenvalue weighted by Crippen LogP contribution is -2.39. The molecule has 1 aromatic rings. The summed E-state index contributed by atoms with van der Waals surface area (Å²) in [6.07, 6.45) is -0.342. The molecular weight excluding hydrogens is 190 g/mol. The van der Waals surface area contributed by atoms with E-state index in [1.54, 1.807) is 0 Å². The van der Waals surface area contributed by atoms with Gasteiger partial charge >= 0.3 is 0 Å². The van der Waals surface area contributed by atoms with Crippen LogP contribution in [0.3, 0.4) is 0 Å². The first-order valence-electron chi connectivity index (χ1n) is 5.15. The summed E-state index contributed by atoms with van der Waals surface area (Å²) in [5.41, 5.74) is 7.97. The number of aryl methyl sites for hydroxylation is 1. The predicted octanol–water partition coefficient (Wildman–Crippen LogP) is 1.39. The number of ether oxygens (including phenoxy) is 1. The molecule has 0 heterocycles. The van der Waals surface area contributed by atoms with Crippen LogP contribution in [-0.2, 0) is 0 Å². The Hall–Kier alpha value is -1.06. The highest BCUT2D eigenvalue weighted by atomic mass is 16.5. The van der Waals surface area contributed by atoms with Crippen molar-refractivity contribution >= 4 is 0 Å². The maximum Gasteiger partial charge on any atom is 0.136 e. The van der Waals surface area contributed by atoms with E-state index in [2.05, 4.69) is 0 Å². The molecule has 0 aliphatic carbocycles. The van der Waals surface area contributed by atoms with Gasteiger partial charge in [-0.2, -0.15) is 0 Å². The summed E-state index contributed by atoms with van der Waals surface area (Å²) in [5.74, 6) is 0.798.